The molecule has 0 aliphatic rings. The zero-order chi connectivity index (χ0) is 21.8. The van der Waals surface area contributed by atoms with Crippen LogP contribution in [-0.4, -0.2) is 20.8 Å². The Bertz CT molecular complexity index is 1160. The molecule has 2 aromatic heterocycles. The van der Waals surface area contributed by atoms with Crippen molar-refractivity contribution in [2.45, 2.75) is 33.2 Å². The van der Waals surface area contributed by atoms with E-state index < -0.39 is 0 Å². The van der Waals surface area contributed by atoms with Crippen molar-refractivity contribution >= 4 is 5.91 Å². The van der Waals surface area contributed by atoms with Crippen LogP contribution in [0.4, 0.5) is 4.39 Å². The van der Waals surface area contributed by atoms with Crippen molar-refractivity contribution in [3.63, 3.8) is 0 Å². The number of carbonyl (C=O) groups excluding carboxylic acids is 1. The number of aryl methyl sites for hydroxylation is 2. The van der Waals surface area contributed by atoms with Gasteiger partial charge in [-0.25, -0.2) is 9.07 Å². The van der Waals surface area contributed by atoms with Gasteiger partial charge < -0.3 is 9.84 Å². The molecule has 2 heterocycles. The van der Waals surface area contributed by atoms with Crippen molar-refractivity contribution in [2.24, 2.45) is 0 Å². The van der Waals surface area contributed by atoms with Crippen molar-refractivity contribution in [2.75, 3.05) is 0 Å². The summed E-state index contributed by atoms with van der Waals surface area (Å²) in [5.41, 5.74) is 5.03. The van der Waals surface area contributed by atoms with Gasteiger partial charge in [0, 0.05) is 35.9 Å². The van der Waals surface area contributed by atoms with Gasteiger partial charge in [0.25, 0.3) is 0 Å². The fourth-order valence-electron chi connectivity index (χ4n) is 3.48. The number of hydrogen-bond acceptors (Lipinski definition) is 4. The first-order valence-corrected chi connectivity index (χ1v) is 10.1. The Morgan fingerprint density at radius 3 is 2.52 bits per heavy atom. The highest BCUT2D eigenvalue weighted by molar-refractivity contribution is 5.76. The molecule has 0 unspecified atom stereocenters. The second-order valence-electron chi connectivity index (χ2n) is 7.37. The van der Waals surface area contributed by atoms with E-state index in [1.807, 2.05) is 50.4 Å². The molecule has 1 N–H and O–H groups in total. The number of halogens is 1. The molecule has 0 saturated heterocycles. The molecule has 0 aliphatic carbocycles. The van der Waals surface area contributed by atoms with Gasteiger partial charge in [0.05, 0.1) is 17.1 Å². The van der Waals surface area contributed by atoms with Gasteiger partial charge in [-0.05, 0) is 56.7 Å². The Kier molecular flexibility index (Phi) is 5.93. The van der Waals surface area contributed by atoms with Crippen LogP contribution in [0.2, 0.25) is 0 Å². The molecule has 4 aromatic rings. The number of para-hydroxylation sites is 1. The van der Waals surface area contributed by atoms with Gasteiger partial charge in [0.2, 0.25) is 5.91 Å². The van der Waals surface area contributed by atoms with Crippen molar-refractivity contribution < 1.29 is 13.7 Å². The standard InChI is InChI=1S/C24H23FN4O2/c1-16-22(17(2)31-28-16)12-13-23(30)26-14-19-15-29(21-6-4-3-5-7-21)27-24(19)18-8-10-20(25)11-9-18/h3-11,15H,12-14H2,1-2H3,(H,26,30). The number of carbonyl (C=O) groups is 1. The maximum absolute atomic E-state index is 13.4. The summed E-state index contributed by atoms with van der Waals surface area (Å²) in [6, 6.07) is 15.9. The average Bonchev–Trinajstić information content (AvgIpc) is 3.35. The second kappa shape index (κ2) is 8.95. The largest absolute Gasteiger partial charge is 0.361 e. The highest BCUT2D eigenvalue weighted by Crippen LogP contribution is 2.24. The monoisotopic (exact) mass is 418 g/mol. The maximum Gasteiger partial charge on any atom is 0.220 e. The van der Waals surface area contributed by atoms with Crippen LogP contribution >= 0.6 is 0 Å². The molecule has 1 amide bonds. The van der Waals surface area contributed by atoms with Gasteiger partial charge in [-0.2, -0.15) is 5.10 Å². The summed E-state index contributed by atoms with van der Waals surface area (Å²) in [6.07, 6.45) is 2.80. The van der Waals surface area contributed by atoms with Gasteiger partial charge in [-0.3, -0.25) is 4.79 Å². The Morgan fingerprint density at radius 2 is 1.84 bits per heavy atom. The Labute approximate surface area is 179 Å². The van der Waals surface area contributed by atoms with E-state index in [9.17, 15) is 9.18 Å². The Balaban J connectivity index is 1.51. The van der Waals surface area contributed by atoms with Crippen LogP contribution in [0.25, 0.3) is 16.9 Å². The van der Waals surface area contributed by atoms with Gasteiger partial charge in [-0.15, -0.1) is 0 Å². The lowest BCUT2D eigenvalue weighted by atomic mass is 10.1. The molecule has 158 valence electrons. The predicted molar refractivity (Wildman–Crippen MR) is 115 cm³/mol. The summed E-state index contributed by atoms with van der Waals surface area (Å²) in [5.74, 6) is 0.367. The number of amides is 1. The third kappa shape index (κ3) is 4.71. The van der Waals surface area contributed by atoms with E-state index in [1.54, 1.807) is 16.8 Å². The zero-order valence-electron chi connectivity index (χ0n) is 17.4. The van der Waals surface area contributed by atoms with Crippen molar-refractivity contribution in [1.82, 2.24) is 20.3 Å². The van der Waals surface area contributed by atoms with E-state index in [2.05, 4.69) is 10.5 Å². The van der Waals surface area contributed by atoms with E-state index in [4.69, 9.17) is 9.62 Å². The average molecular weight is 418 g/mol. The third-order valence-electron chi connectivity index (χ3n) is 5.19. The summed E-state index contributed by atoms with van der Waals surface area (Å²) < 4.78 is 20.3. The summed E-state index contributed by atoms with van der Waals surface area (Å²) in [6.45, 7) is 4.04. The van der Waals surface area contributed by atoms with Crippen molar-refractivity contribution in [3.8, 4) is 16.9 Å². The first-order valence-electron chi connectivity index (χ1n) is 10.1. The molecule has 31 heavy (non-hydrogen) atoms. The smallest absolute Gasteiger partial charge is 0.220 e. The van der Waals surface area contributed by atoms with Crippen LogP contribution in [0.1, 0.15) is 29.0 Å². The Hall–Kier alpha value is -3.74. The van der Waals surface area contributed by atoms with Crippen LogP contribution in [-0.2, 0) is 17.8 Å². The van der Waals surface area contributed by atoms with Gasteiger partial charge in [0.1, 0.15) is 11.6 Å². The molecule has 7 heteroatoms. The van der Waals surface area contributed by atoms with Crippen LogP contribution < -0.4 is 5.32 Å². The molecule has 0 fully saturated rings. The number of aromatic nitrogens is 3. The fraction of sp³-hybridized carbons (Fsp3) is 0.208. The van der Waals surface area contributed by atoms with Gasteiger partial charge >= 0.3 is 0 Å². The van der Waals surface area contributed by atoms with Crippen molar-refractivity contribution in [3.05, 3.63) is 89.2 Å². The molecule has 0 aliphatic heterocycles. The first kappa shape index (κ1) is 20.5. The maximum atomic E-state index is 13.4. The number of rotatable bonds is 7. The summed E-state index contributed by atoms with van der Waals surface area (Å²) >= 11 is 0. The number of benzene rings is 2. The van der Waals surface area contributed by atoms with Gasteiger partial charge in [0.15, 0.2) is 0 Å². The lowest BCUT2D eigenvalue weighted by molar-refractivity contribution is -0.121. The molecule has 6 nitrogen and oxygen atoms in total. The number of hydrogen-bond donors (Lipinski definition) is 1. The number of nitrogens with zero attached hydrogens (tertiary/aromatic N) is 3. The second-order valence-corrected chi connectivity index (χ2v) is 7.37. The minimum atomic E-state index is -0.305. The van der Waals surface area contributed by atoms with E-state index >= 15 is 0 Å². The summed E-state index contributed by atoms with van der Waals surface area (Å²) in [4.78, 5) is 12.5. The minimum Gasteiger partial charge on any atom is -0.361 e. The molecular formula is C24H23FN4O2. The molecule has 0 saturated carbocycles. The Morgan fingerprint density at radius 1 is 1.10 bits per heavy atom. The molecule has 0 atom stereocenters. The van der Waals surface area contributed by atoms with Crippen LogP contribution in [0, 0.1) is 19.7 Å². The summed E-state index contributed by atoms with van der Waals surface area (Å²) in [5, 5.41) is 11.6. The van der Waals surface area contributed by atoms with E-state index in [1.165, 1.54) is 12.1 Å². The predicted octanol–water partition coefficient (Wildman–Crippen LogP) is 4.53. The molecule has 0 spiro atoms. The zero-order valence-corrected chi connectivity index (χ0v) is 17.4. The quantitative estimate of drug-likeness (QED) is 0.479. The topological polar surface area (TPSA) is 73.0 Å². The molecule has 0 bridgehead atoms. The summed E-state index contributed by atoms with van der Waals surface area (Å²) in [7, 11) is 0. The molecule has 0 radical (unpaired) electrons. The highest BCUT2D eigenvalue weighted by Gasteiger charge is 2.15. The normalized spacial score (nSPS) is 10.9. The van der Waals surface area contributed by atoms with E-state index in [-0.39, 0.29) is 11.7 Å². The van der Waals surface area contributed by atoms with Crippen molar-refractivity contribution in [1.29, 1.82) is 0 Å². The van der Waals surface area contributed by atoms with E-state index in [0.29, 0.717) is 25.1 Å². The van der Waals surface area contributed by atoms with Crippen LogP contribution in [0.5, 0.6) is 0 Å². The lowest BCUT2D eigenvalue weighted by Crippen LogP contribution is -2.23. The van der Waals surface area contributed by atoms with Gasteiger partial charge in [-0.1, -0.05) is 23.4 Å². The van der Waals surface area contributed by atoms with E-state index in [0.717, 1.165) is 33.8 Å². The SMILES string of the molecule is Cc1noc(C)c1CCC(=O)NCc1cn(-c2ccccc2)nc1-c1ccc(F)cc1. The lowest BCUT2D eigenvalue weighted by Gasteiger charge is -2.06. The molecule has 4 rings (SSSR count). The molecule has 2 aromatic carbocycles. The first-order chi connectivity index (χ1) is 15.0. The molecular weight excluding hydrogens is 395 g/mol. The number of nitrogens with one attached hydrogen (secondary N) is 1. The van der Waals surface area contributed by atoms with Crippen LogP contribution in [0.15, 0.2) is 65.3 Å². The fourth-order valence-corrected chi connectivity index (χ4v) is 3.48. The third-order valence-corrected chi connectivity index (χ3v) is 5.19. The highest BCUT2D eigenvalue weighted by atomic mass is 19.1. The van der Waals surface area contributed by atoms with Crippen LogP contribution in [0.3, 0.4) is 0 Å². The minimum absolute atomic E-state index is 0.0717.